The van der Waals surface area contributed by atoms with Crippen molar-refractivity contribution in [2.24, 2.45) is 0 Å². The molecule has 0 spiro atoms. The Morgan fingerprint density at radius 3 is 2.58 bits per heavy atom. The van der Waals surface area contributed by atoms with E-state index in [-0.39, 0.29) is 10.7 Å². The molecule has 0 aliphatic heterocycles. The lowest BCUT2D eigenvalue weighted by atomic mass is 10.1. The Morgan fingerprint density at radius 1 is 1.17 bits per heavy atom. The van der Waals surface area contributed by atoms with Crippen molar-refractivity contribution in [2.75, 3.05) is 5.32 Å². The molecule has 1 amide bonds. The van der Waals surface area contributed by atoms with Gasteiger partial charge in [-0.2, -0.15) is 0 Å². The number of aromatic nitrogens is 1. The van der Waals surface area contributed by atoms with Gasteiger partial charge in [-0.1, -0.05) is 31.9 Å². The lowest BCUT2D eigenvalue weighted by Gasteiger charge is -2.10. The molecule has 2 aromatic rings. The smallest absolute Gasteiger partial charge is 0.263 e. The van der Waals surface area contributed by atoms with Gasteiger partial charge >= 0.3 is 0 Å². The molecular weight excluding hydrogens is 322 g/mol. The number of anilines is 1. The van der Waals surface area contributed by atoms with Crippen molar-refractivity contribution >= 4 is 28.9 Å². The van der Waals surface area contributed by atoms with E-state index in [4.69, 9.17) is 12.2 Å². The van der Waals surface area contributed by atoms with Crippen LogP contribution in [0.4, 0.5) is 5.69 Å². The van der Waals surface area contributed by atoms with Crippen molar-refractivity contribution in [3.8, 4) is 0 Å². The Balaban J connectivity index is 1.89. The molecule has 0 atom stereocenters. The minimum absolute atomic E-state index is 0.0212. The molecule has 0 saturated heterocycles. The van der Waals surface area contributed by atoms with Crippen LogP contribution in [0.5, 0.6) is 0 Å². The number of H-pyrrole nitrogens is 1. The molecule has 24 heavy (non-hydrogen) atoms. The highest BCUT2D eigenvalue weighted by atomic mass is 32.1. The van der Waals surface area contributed by atoms with E-state index in [0.717, 1.165) is 12.1 Å². The van der Waals surface area contributed by atoms with Crippen LogP contribution in [-0.4, -0.2) is 16.0 Å². The van der Waals surface area contributed by atoms with Crippen LogP contribution in [0.15, 0.2) is 47.4 Å². The number of nitrogens with one attached hydrogen (secondary N) is 3. The van der Waals surface area contributed by atoms with Gasteiger partial charge in [-0.25, -0.2) is 0 Å². The van der Waals surface area contributed by atoms with Crippen LogP contribution >= 0.6 is 12.2 Å². The highest BCUT2D eigenvalue weighted by molar-refractivity contribution is 7.80. The normalized spacial score (nSPS) is 10.2. The fraction of sp³-hybridized carbons (Fsp3) is 0.278. The number of aromatic amines is 1. The lowest BCUT2D eigenvalue weighted by Crippen LogP contribution is -2.36. The van der Waals surface area contributed by atoms with Gasteiger partial charge in [0.2, 0.25) is 0 Å². The van der Waals surface area contributed by atoms with Gasteiger partial charge in [-0.15, -0.1) is 0 Å². The van der Waals surface area contributed by atoms with Gasteiger partial charge in [-0.3, -0.25) is 14.9 Å². The maximum atomic E-state index is 12.0. The van der Waals surface area contributed by atoms with Crippen LogP contribution in [0.1, 0.15) is 42.1 Å². The summed E-state index contributed by atoms with van der Waals surface area (Å²) in [6.07, 6.45) is 6.15. The molecule has 126 valence electrons. The molecule has 1 heterocycles. The van der Waals surface area contributed by atoms with E-state index in [1.807, 2.05) is 24.3 Å². The maximum Gasteiger partial charge on any atom is 0.263 e. The highest BCUT2D eigenvalue weighted by Gasteiger charge is 2.11. The van der Waals surface area contributed by atoms with E-state index in [1.54, 1.807) is 6.07 Å². The average molecular weight is 343 g/mol. The van der Waals surface area contributed by atoms with Crippen LogP contribution in [0.25, 0.3) is 0 Å². The molecular formula is C18H21N3O2S. The SMILES string of the molecule is CCCCCc1ccc(NC(=S)NC(=O)c2ccc[nH]c2=O)cc1. The molecule has 0 aliphatic carbocycles. The molecule has 2 rings (SSSR count). The number of carbonyl (C=O) groups excluding carboxylic acids is 1. The quantitative estimate of drug-likeness (QED) is 0.556. The first-order valence-corrected chi connectivity index (χ1v) is 8.40. The number of benzene rings is 1. The third-order valence-electron chi connectivity index (χ3n) is 3.57. The van der Waals surface area contributed by atoms with Crippen LogP contribution in [0.2, 0.25) is 0 Å². The summed E-state index contributed by atoms with van der Waals surface area (Å²) in [6.45, 7) is 2.19. The van der Waals surface area contributed by atoms with Crippen molar-refractivity contribution < 1.29 is 4.79 Å². The number of thiocarbonyl (C=S) groups is 1. The van der Waals surface area contributed by atoms with Gasteiger partial charge < -0.3 is 10.3 Å². The summed E-state index contributed by atoms with van der Waals surface area (Å²) in [5.74, 6) is -0.537. The minimum atomic E-state index is -0.537. The Labute approximate surface area is 146 Å². The van der Waals surface area contributed by atoms with Gasteiger partial charge in [0.1, 0.15) is 5.56 Å². The standard InChI is InChI=1S/C18H21N3O2S/c1-2-3-4-6-13-8-10-14(11-9-13)20-18(24)21-17(23)15-7-5-12-19-16(15)22/h5,7-12H,2-4,6H2,1H3,(H,19,22)(H2,20,21,23,24). The first-order valence-electron chi connectivity index (χ1n) is 7.99. The zero-order chi connectivity index (χ0) is 17.4. The summed E-state index contributed by atoms with van der Waals surface area (Å²) < 4.78 is 0. The fourth-order valence-corrected chi connectivity index (χ4v) is 2.48. The number of aryl methyl sites for hydroxylation is 1. The molecule has 0 aliphatic rings. The van der Waals surface area contributed by atoms with Crippen molar-refractivity contribution in [1.82, 2.24) is 10.3 Å². The maximum absolute atomic E-state index is 12.0. The summed E-state index contributed by atoms with van der Waals surface area (Å²) in [4.78, 5) is 26.0. The van der Waals surface area contributed by atoms with E-state index in [9.17, 15) is 9.59 Å². The minimum Gasteiger partial charge on any atom is -0.332 e. The van der Waals surface area contributed by atoms with E-state index in [2.05, 4.69) is 22.5 Å². The van der Waals surface area contributed by atoms with Crippen molar-refractivity contribution in [1.29, 1.82) is 0 Å². The summed E-state index contributed by atoms with van der Waals surface area (Å²) in [5, 5.41) is 5.60. The molecule has 0 radical (unpaired) electrons. The Morgan fingerprint density at radius 2 is 1.92 bits per heavy atom. The van der Waals surface area contributed by atoms with E-state index < -0.39 is 11.5 Å². The second kappa shape index (κ2) is 8.98. The van der Waals surface area contributed by atoms with Crippen molar-refractivity contribution in [3.63, 3.8) is 0 Å². The Hall–Kier alpha value is -2.47. The second-order valence-corrected chi connectivity index (χ2v) is 5.88. The molecule has 6 heteroatoms. The predicted octanol–water partition coefficient (Wildman–Crippen LogP) is 3.23. The number of unbranched alkanes of at least 4 members (excludes halogenated alkanes) is 2. The molecule has 0 fully saturated rings. The molecule has 0 unspecified atom stereocenters. The third kappa shape index (κ3) is 5.31. The topological polar surface area (TPSA) is 74.0 Å². The van der Waals surface area contributed by atoms with E-state index in [1.165, 1.54) is 37.1 Å². The summed E-state index contributed by atoms with van der Waals surface area (Å²) in [7, 11) is 0. The molecule has 1 aromatic heterocycles. The monoisotopic (exact) mass is 343 g/mol. The third-order valence-corrected chi connectivity index (χ3v) is 3.77. The molecule has 3 N–H and O–H groups in total. The first kappa shape index (κ1) is 17.9. The number of carbonyl (C=O) groups is 1. The van der Waals surface area contributed by atoms with Crippen LogP contribution in [-0.2, 0) is 6.42 Å². The summed E-state index contributed by atoms with van der Waals surface area (Å²) in [5.41, 5.74) is 1.64. The van der Waals surface area contributed by atoms with Crippen molar-refractivity contribution in [2.45, 2.75) is 32.6 Å². The highest BCUT2D eigenvalue weighted by Crippen LogP contribution is 2.12. The van der Waals surface area contributed by atoms with Crippen LogP contribution in [0, 0.1) is 0 Å². The number of rotatable bonds is 6. The van der Waals surface area contributed by atoms with Gasteiger partial charge in [0.05, 0.1) is 0 Å². The van der Waals surface area contributed by atoms with E-state index in [0.29, 0.717) is 0 Å². The fourth-order valence-electron chi connectivity index (χ4n) is 2.27. The molecule has 0 bridgehead atoms. The van der Waals surface area contributed by atoms with E-state index >= 15 is 0 Å². The first-order chi connectivity index (χ1) is 11.6. The number of hydrogen-bond donors (Lipinski definition) is 3. The summed E-state index contributed by atoms with van der Waals surface area (Å²) in [6, 6.07) is 11.0. The largest absolute Gasteiger partial charge is 0.332 e. The van der Waals surface area contributed by atoms with Gasteiger partial charge in [0.25, 0.3) is 11.5 Å². The average Bonchev–Trinajstić information content (AvgIpc) is 2.57. The van der Waals surface area contributed by atoms with Crippen molar-refractivity contribution in [3.05, 3.63) is 64.1 Å². The van der Waals surface area contributed by atoms with Gasteiger partial charge in [0.15, 0.2) is 5.11 Å². The molecule has 0 saturated carbocycles. The zero-order valence-corrected chi connectivity index (χ0v) is 14.4. The predicted molar refractivity (Wildman–Crippen MR) is 100 cm³/mol. The van der Waals surface area contributed by atoms with Gasteiger partial charge in [-0.05, 0) is 54.9 Å². The number of hydrogen-bond acceptors (Lipinski definition) is 3. The Bertz CT molecular complexity index is 753. The van der Waals surface area contributed by atoms with Crippen LogP contribution < -0.4 is 16.2 Å². The number of amides is 1. The summed E-state index contributed by atoms with van der Waals surface area (Å²) >= 11 is 5.12. The van der Waals surface area contributed by atoms with Gasteiger partial charge in [0, 0.05) is 11.9 Å². The number of pyridine rings is 1. The molecule has 1 aromatic carbocycles. The second-order valence-electron chi connectivity index (χ2n) is 5.48. The van der Waals surface area contributed by atoms with Crippen LogP contribution in [0.3, 0.4) is 0 Å². The molecule has 5 nitrogen and oxygen atoms in total. The lowest BCUT2D eigenvalue weighted by molar-refractivity contribution is 0.0976. The zero-order valence-electron chi connectivity index (χ0n) is 13.6. The Kier molecular flexibility index (Phi) is 6.69.